The Bertz CT molecular complexity index is 1400. The minimum absolute atomic E-state index is 0.299. The second kappa shape index (κ2) is 8.33. The molecule has 0 bridgehead atoms. The van der Waals surface area contributed by atoms with E-state index in [0.717, 1.165) is 12.0 Å². The van der Waals surface area contributed by atoms with Crippen molar-refractivity contribution in [2.45, 2.75) is 12.8 Å². The Kier molecular flexibility index (Phi) is 5.08. The molecule has 5 aromatic rings. The predicted octanol–water partition coefficient (Wildman–Crippen LogP) is 6.10. The highest BCUT2D eigenvalue weighted by Crippen LogP contribution is 2.24. The third-order valence-electron chi connectivity index (χ3n) is 5.56. The summed E-state index contributed by atoms with van der Waals surface area (Å²) in [6.45, 7) is 0.658. The van der Waals surface area contributed by atoms with E-state index < -0.39 is 0 Å². The molecule has 0 atom stereocenters. The Balaban J connectivity index is 1.33. The van der Waals surface area contributed by atoms with Crippen molar-refractivity contribution in [1.29, 1.82) is 5.26 Å². The second-order valence-electron chi connectivity index (χ2n) is 7.53. The van der Waals surface area contributed by atoms with Crippen molar-refractivity contribution in [1.82, 2.24) is 4.98 Å². The van der Waals surface area contributed by atoms with Crippen molar-refractivity contribution in [3.8, 4) is 6.07 Å². The van der Waals surface area contributed by atoms with Gasteiger partial charge in [0.2, 0.25) is 17.5 Å². The normalized spacial score (nSPS) is 10.9. The molecule has 4 nitrogen and oxygen atoms in total. The molecular weight excluding hydrogens is 382 g/mol. The highest BCUT2D eigenvalue weighted by molar-refractivity contribution is 5.86. The zero-order chi connectivity index (χ0) is 21.0. The number of oxazole rings is 1. The van der Waals surface area contributed by atoms with Gasteiger partial charge in [-0.2, -0.15) is 5.26 Å². The summed E-state index contributed by atoms with van der Waals surface area (Å²) in [5, 5.41) is 17.6. The fraction of sp³-hybridized carbons (Fsp3) is 0.111. The number of aromatic nitrogens is 1. The molecule has 0 unspecified atom stereocenters. The topological polar surface area (TPSA) is 61.9 Å². The van der Waals surface area contributed by atoms with Gasteiger partial charge < -0.3 is 9.73 Å². The van der Waals surface area contributed by atoms with Gasteiger partial charge in [-0.1, -0.05) is 84.9 Å². The number of rotatable bonds is 6. The number of fused-ring (bicyclic) bond motifs is 2. The molecule has 0 aliphatic carbocycles. The van der Waals surface area contributed by atoms with E-state index in [9.17, 15) is 5.26 Å². The molecule has 150 valence electrons. The SMILES string of the molecule is N#Cc1nc(Cc2cccc3ccccc23)oc1NCCc1cccc2ccccc12. The summed E-state index contributed by atoms with van der Waals surface area (Å²) in [6, 6.07) is 31.3. The number of hydrogen-bond acceptors (Lipinski definition) is 4. The largest absolute Gasteiger partial charge is 0.423 e. The Labute approximate surface area is 180 Å². The lowest BCUT2D eigenvalue weighted by Gasteiger charge is -2.07. The lowest BCUT2D eigenvalue weighted by Crippen LogP contribution is -2.05. The Hall–Kier alpha value is -4.10. The van der Waals surface area contributed by atoms with E-state index in [0.29, 0.717) is 30.4 Å². The molecule has 0 saturated heterocycles. The molecule has 0 aliphatic heterocycles. The van der Waals surface area contributed by atoms with Crippen molar-refractivity contribution in [3.63, 3.8) is 0 Å². The number of hydrogen-bond donors (Lipinski definition) is 1. The van der Waals surface area contributed by atoms with E-state index in [-0.39, 0.29) is 0 Å². The van der Waals surface area contributed by atoms with Crippen molar-refractivity contribution in [2.75, 3.05) is 11.9 Å². The average Bonchev–Trinajstić information content (AvgIpc) is 3.21. The first-order valence-corrected chi connectivity index (χ1v) is 10.4. The van der Waals surface area contributed by atoms with Crippen molar-refractivity contribution < 1.29 is 4.42 Å². The van der Waals surface area contributed by atoms with Crippen molar-refractivity contribution in [3.05, 3.63) is 108 Å². The van der Waals surface area contributed by atoms with Gasteiger partial charge in [-0.3, -0.25) is 0 Å². The van der Waals surface area contributed by atoms with Gasteiger partial charge in [0.25, 0.3) is 0 Å². The van der Waals surface area contributed by atoms with Crippen LogP contribution in [0.1, 0.15) is 22.7 Å². The predicted molar refractivity (Wildman–Crippen MR) is 124 cm³/mol. The minimum Gasteiger partial charge on any atom is -0.423 e. The molecule has 31 heavy (non-hydrogen) atoms. The van der Waals surface area contributed by atoms with Crippen molar-refractivity contribution >= 4 is 27.4 Å². The molecule has 1 heterocycles. The quantitative estimate of drug-likeness (QED) is 0.372. The van der Waals surface area contributed by atoms with E-state index in [1.165, 1.54) is 27.1 Å². The third-order valence-corrected chi connectivity index (χ3v) is 5.56. The third kappa shape index (κ3) is 3.86. The number of nitriles is 1. The molecule has 0 spiro atoms. The van der Waals surface area contributed by atoms with Crippen LogP contribution in [0, 0.1) is 11.3 Å². The Morgan fingerprint density at radius 1 is 0.774 bits per heavy atom. The Morgan fingerprint density at radius 3 is 2.10 bits per heavy atom. The van der Waals surface area contributed by atoms with Crippen LogP contribution in [-0.2, 0) is 12.8 Å². The highest BCUT2D eigenvalue weighted by atomic mass is 16.4. The first kappa shape index (κ1) is 18.9. The van der Waals surface area contributed by atoms with Crippen molar-refractivity contribution in [2.24, 2.45) is 0 Å². The lowest BCUT2D eigenvalue weighted by molar-refractivity contribution is 0.518. The monoisotopic (exact) mass is 403 g/mol. The molecule has 0 saturated carbocycles. The smallest absolute Gasteiger partial charge is 0.232 e. The second-order valence-corrected chi connectivity index (χ2v) is 7.53. The lowest BCUT2D eigenvalue weighted by atomic mass is 10.0. The highest BCUT2D eigenvalue weighted by Gasteiger charge is 2.14. The standard InChI is InChI=1S/C27H21N3O/c28-18-25-27(29-16-15-21-11-5-9-19-7-1-3-13-23(19)21)31-26(30-25)17-22-12-6-10-20-8-2-4-14-24(20)22/h1-14,29H,15-17H2. The molecule has 0 fully saturated rings. The van der Waals surface area contributed by atoms with Crippen LogP contribution in [-0.4, -0.2) is 11.5 Å². The molecule has 4 aromatic carbocycles. The molecule has 1 aromatic heterocycles. The van der Waals surface area contributed by atoms with Gasteiger partial charge in [-0.05, 0) is 39.1 Å². The summed E-state index contributed by atoms with van der Waals surface area (Å²) in [6.07, 6.45) is 1.37. The molecule has 0 radical (unpaired) electrons. The molecular formula is C27H21N3O. The van der Waals surface area contributed by atoms with E-state index in [1.807, 2.05) is 18.2 Å². The maximum absolute atomic E-state index is 9.51. The fourth-order valence-electron chi connectivity index (χ4n) is 4.07. The van der Waals surface area contributed by atoms with Crippen LogP contribution < -0.4 is 5.32 Å². The fourth-order valence-corrected chi connectivity index (χ4v) is 4.07. The molecule has 4 heteroatoms. The van der Waals surface area contributed by atoms with Gasteiger partial charge in [0.05, 0.1) is 6.42 Å². The van der Waals surface area contributed by atoms with Crippen LogP contribution in [0.4, 0.5) is 5.88 Å². The number of nitrogens with one attached hydrogen (secondary N) is 1. The molecule has 0 amide bonds. The average molecular weight is 403 g/mol. The summed E-state index contributed by atoms with van der Waals surface area (Å²) in [7, 11) is 0. The first-order chi connectivity index (χ1) is 15.3. The maximum Gasteiger partial charge on any atom is 0.232 e. The van der Waals surface area contributed by atoms with Gasteiger partial charge in [0, 0.05) is 6.54 Å². The molecule has 5 rings (SSSR count). The van der Waals surface area contributed by atoms with Gasteiger partial charge in [0.15, 0.2) is 0 Å². The number of benzene rings is 4. The Morgan fingerprint density at radius 2 is 1.39 bits per heavy atom. The van der Waals surface area contributed by atoms with Crippen LogP contribution in [0.25, 0.3) is 21.5 Å². The minimum atomic E-state index is 0.299. The van der Waals surface area contributed by atoms with E-state index in [4.69, 9.17) is 4.42 Å². The van der Waals surface area contributed by atoms with Gasteiger partial charge in [-0.25, -0.2) is 4.98 Å². The van der Waals surface area contributed by atoms with Crippen LogP contribution in [0.3, 0.4) is 0 Å². The first-order valence-electron chi connectivity index (χ1n) is 10.4. The van der Waals surface area contributed by atoms with Gasteiger partial charge in [0.1, 0.15) is 6.07 Å². The van der Waals surface area contributed by atoms with Crippen LogP contribution in [0.5, 0.6) is 0 Å². The van der Waals surface area contributed by atoms with Crippen LogP contribution in [0.15, 0.2) is 89.3 Å². The van der Waals surface area contributed by atoms with Gasteiger partial charge in [-0.15, -0.1) is 0 Å². The van der Waals surface area contributed by atoms with E-state index in [2.05, 4.69) is 83.1 Å². The summed E-state index contributed by atoms with van der Waals surface area (Å²) in [4.78, 5) is 4.42. The molecule has 1 N–H and O–H groups in total. The summed E-state index contributed by atoms with van der Waals surface area (Å²) in [5.41, 5.74) is 2.69. The summed E-state index contributed by atoms with van der Waals surface area (Å²) in [5.74, 6) is 0.985. The zero-order valence-electron chi connectivity index (χ0n) is 17.0. The summed E-state index contributed by atoms with van der Waals surface area (Å²) < 4.78 is 5.94. The van der Waals surface area contributed by atoms with E-state index >= 15 is 0 Å². The number of anilines is 1. The van der Waals surface area contributed by atoms with Crippen LogP contribution >= 0.6 is 0 Å². The van der Waals surface area contributed by atoms with E-state index in [1.54, 1.807) is 0 Å². The summed E-state index contributed by atoms with van der Waals surface area (Å²) >= 11 is 0. The maximum atomic E-state index is 9.51. The van der Waals surface area contributed by atoms with Crippen LogP contribution in [0.2, 0.25) is 0 Å². The number of nitrogens with zero attached hydrogens (tertiary/aromatic N) is 2. The zero-order valence-corrected chi connectivity index (χ0v) is 17.0. The molecule has 0 aliphatic rings. The van der Waals surface area contributed by atoms with Gasteiger partial charge >= 0.3 is 0 Å².